The first-order valence-electron chi connectivity index (χ1n) is 9.34. The molecule has 0 bridgehead atoms. The largest absolute Gasteiger partial charge is 0.495 e. The first-order chi connectivity index (χ1) is 15.1. The first-order valence-corrected chi connectivity index (χ1v) is 9.34. The number of alkyl halides is 3. The Kier molecular flexibility index (Phi) is 5.04. The van der Waals surface area contributed by atoms with Crippen LogP contribution in [0, 0.1) is 6.92 Å². The van der Waals surface area contributed by atoms with E-state index in [2.05, 4.69) is 5.32 Å². The number of halogens is 3. The molecule has 0 aliphatic carbocycles. The lowest BCUT2D eigenvalue weighted by Gasteiger charge is -2.37. The molecule has 1 aliphatic heterocycles. The number of hydrogen-bond acceptors (Lipinski definition) is 7. The fourth-order valence-corrected chi connectivity index (χ4v) is 3.49. The Bertz CT molecular complexity index is 1230. The Balaban J connectivity index is 1.95. The second kappa shape index (κ2) is 7.49. The van der Waals surface area contributed by atoms with Crippen LogP contribution in [0.15, 0.2) is 52.8 Å². The highest BCUT2D eigenvalue weighted by atomic mass is 19.4. The quantitative estimate of drug-likeness (QED) is 0.564. The number of rotatable bonds is 4. The van der Waals surface area contributed by atoms with Crippen molar-refractivity contribution in [3.63, 3.8) is 0 Å². The van der Waals surface area contributed by atoms with E-state index in [0.717, 1.165) is 11.8 Å². The van der Waals surface area contributed by atoms with E-state index < -0.39 is 29.1 Å². The molecule has 1 atom stereocenters. The predicted octanol–water partition coefficient (Wildman–Crippen LogP) is 4.58. The minimum Gasteiger partial charge on any atom is -0.495 e. The highest BCUT2D eigenvalue weighted by Crippen LogP contribution is 2.54. The van der Waals surface area contributed by atoms with Crippen molar-refractivity contribution in [2.24, 2.45) is 0 Å². The summed E-state index contributed by atoms with van der Waals surface area (Å²) in [5.74, 6) is -6.08. The van der Waals surface area contributed by atoms with Crippen molar-refractivity contribution in [2.75, 3.05) is 19.5 Å². The molecule has 2 N–H and O–H groups in total. The lowest BCUT2D eigenvalue weighted by Crippen LogP contribution is -2.56. The molecule has 0 fully saturated rings. The van der Waals surface area contributed by atoms with Crippen LogP contribution in [0.2, 0.25) is 0 Å². The molecule has 3 aromatic rings. The van der Waals surface area contributed by atoms with Gasteiger partial charge in [0.25, 0.3) is 0 Å². The van der Waals surface area contributed by atoms with Gasteiger partial charge in [-0.05, 0) is 25.1 Å². The van der Waals surface area contributed by atoms with Crippen LogP contribution in [0.1, 0.15) is 15.9 Å². The molecular formula is C22H18F3NO6. The third-order valence-corrected chi connectivity index (χ3v) is 5.09. The number of hydrogen-bond donors (Lipinski definition) is 2. The molecule has 168 valence electrons. The van der Waals surface area contributed by atoms with Gasteiger partial charge in [-0.15, -0.1) is 0 Å². The van der Waals surface area contributed by atoms with E-state index in [1.54, 1.807) is 24.3 Å². The summed E-state index contributed by atoms with van der Waals surface area (Å²) in [6.07, 6.45) is -3.33. The molecule has 32 heavy (non-hydrogen) atoms. The lowest BCUT2D eigenvalue weighted by atomic mass is 9.90. The van der Waals surface area contributed by atoms with Gasteiger partial charge in [-0.2, -0.15) is 13.2 Å². The van der Waals surface area contributed by atoms with Gasteiger partial charge in [-0.1, -0.05) is 17.7 Å². The van der Waals surface area contributed by atoms with Crippen molar-refractivity contribution in [3.05, 3.63) is 59.5 Å². The van der Waals surface area contributed by atoms with Crippen LogP contribution < -0.4 is 19.5 Å². The second-order valence-electron chi connectivity index (χ2n) is 7.08. The fraction of sp³-hybridized carbons (Fsp3) is 0.227. The summed E-state index contributed by atoms with van der Waals surface area (Å²) >= 11 is 0. The Labute approximate surface area is 180 Å². The molecule has 0 saturated heterocycles. The summed E-state index contributed by atoms with van der Waals surface area (Å²) < 4.78 is 62.8. The Morgan fingerprint density at radius 1 is 1.09 bits per heavy atom. The van der Waals surface area contributed by atoms with Gasteiger partial charge in [0.1, 0.15) is 11.3 Å². The minimum absolute atomic E-state index is 0.00522. The molecule has 2 aromatic carbocycles. The van der Waals surface area contributed by atoms with Gasteiger partial charge in [0.2, 0.25) is 11.5 Å². The summed E-state index contributed by atoms with van der Waals surface area (Å²) in [5, 5.41) is 13.5. The molecule has 0 spiro atoms. The topological polar surface area (TPSA) is 90.2 Å². The summed E-state index contributed by atoms with van der Waals surface area (Å²) in [6.45, 7) is 1.84. The molecule has 0 amide bonds. The minimum atomic E-state index is -5.36. The smallest absolute Gasteiger partial charge is 0.460 e. The van der Waals surface area contributed by atoms with E-state index in [1.807, 2.05) is 6.92 Å². The molecule has 1 aliphatic rings. The van der Waals surface area contributed by atoms with E-state index in [1.165, 1.54) is 26.5 Å². The number of carbonyl (C=O) groups is 1. The summed E-state index contributed by atoms with van der Waals surface area (Å²) in [6, 6.07) is 8.16. The number of Topliss-reactive ketones (excluding diaryl/α,β-unsaturated/α-hetero) is 1. The zero-order chi connectivity index (χ0) is 23.3. The van der Waals surface area contributed by atoms with Crippen LogP contribution in [-0.4, -0.2) is 37.1 Å². The Morgan fingerprint density at radius 3 is 2.34 bits per heavy atom. The van der Waals surface area contributed by atoms with Crippen molar-refractivity contribution in [1.29, 1.82) is 0 Å². The van der Waals surface area contributed by atoms with Gasteiger partial charge in [-0.3, -0.25) is 4.79 Å². The fourth-order valence-electron chi connectivity index (χ4n) is 3.49. The zero-order valence-electron chi connectivity index (χ0n) is 17.2. The molecule has 10 heteroatoms. The van der Waals surface area contributed by atoms with E-state index in [0.29, 0.717) is 11.1 Å². The van der Waals surface area contributed by atoms with Crippen LogP contribution in [0.25, 0.3) is 11.0 Å². The molecule has 4 rings (SSSR count). The highest BCUT2D eigenvalue weighted by Gasteiger charge is 2.64. The maximum Gasteiger partial charge on any atom is 0.460 e. The van der Waals surface area contributed by atoms with Gasteiger partial charge >= 0.3 is 12.0 Å². The average Bonchev–Trinajstić information content (AvgIpc) is 3.22. The summed E-state index contributed by atoms with van der Waals surface area (Å²) in [4.78, 5) is 13.4. The maximum absolute atomic E-state index is 14.0. The highest BCUT2D eigenvalue weighted by molar-refractivity contribution is 6.18. The standard InChI is InChI=1S/C22H18F3NO6/c1-11-4-6-12(7-5-11)26-10-14-16(27)15-17(29-2)13-8-9-31-18(13)20(30-3)19(15)32-21(14,28)22(23,24)25/h4-10,26,28H,1-3H3/b14-10+. The van der Waals surface area contributed by atoms with Crippen LogP contribution in [0.5, 0.6) is 17.2 Å². The zero-order valence-corrected chi connectivity index (χ0v) is 17.2. The molecule has 2 heterocycles. The van der Waals surface area contributed by atoms with Crippen LogP contribution in [-0.2, 0) is 0 Å². The number of aryl methyl sites for hydroxylation is 1. The van der Waals surface area contributed by atoms with Crippen LogP contribution >= 0.6 is 0 Å². The van der Waals surface area contributed by atoms with E-state index in [4.69, 9.17) is 18.6 Å². The van der Waals surface area contributed by atoms with Crippen LogP contribution in [0.3, 0.4) is 0 Å². The number of benzene rings is 2. The number of carbonyl (C=O) groups excluding carboxylic acids is 1. The van der Waals surface area contributed by atoms with Crippen molar-refractivity contribution >= 4 is 22.4 Å². The number of fused-ring (bicyclic) bond motifs is 2. The lowest BCUT2D eigenvalue weighted by molar-refractivity contribution is -0.315. The number of ether oxygens (including phenoxy) is 3. The third kappa shape index (κ3) is 3.14. The Hall–Kier alpha value is -3.66. The SMILES string of the molecule is COc1c2c(c(OC)c3occc13)OC(O)(C(F)(F)F)/C(=C/Nc1ccc(C)cc1)C2=O. The average molecular weight is 449 g/mol. The predicted molar refractivity (Wildman–Crippen MR) is 108 cm³/mol. The van der Waals surface area contributed by atoms with E-state index >= 15 is 0 Å². The van der Waals surface area contributed by atoms with Gasteiger partial charge in [0, 0.05) is 11.9 Å². The number of aliphatic hydroxyl groups is 1. The first kappa shape index (κ1) is 21.6. The van der Waals surface area contributed by atoms with Crippen molar-refractivity contribution < 1.29 is 41.7 Å². The van der Waals surface area contributed by atoms with Crippen molar-refractivity contribution in [2.45, 2.75) is 18.9 Å². The summed E-state index contributed by atoms with van der Waals surface area (Å²) in [7, 11) is 2.43. The van der Waals surface area contributed by atoms with Crippen molar-refractivity contribution in [1.82, 2.24) is 0 Å². The number of ketones is 1. The van der Waals surface area contributed by atoms with E-state index in [9.17, 15) is 23.1 Å². The molecule has 1 unspecified atom stereocenters. The van der Waals surface area contributed by atoms with Gasteiger partial charge < -0.3 is 29.1 Å². The number of nitrogens with one attached hydrogen (secondary N) is 1. The molecule has 0 radical (unpaired) electrons. The number of methoxy groups -OCH3 is 2. The van der Waals surface area contributed by atoms with Gasteiger partial charge in [-0.25, -0.2) is 0 Å². The Morgan fingerprint density at radius 2 is 1.75 bits per heavy atom. The number of anilines is 1. The number of furan rings is 1. The van der Waals surface area contributed by atoms with Crippen molar-refractivity contribution in [3.8, 4) is 17.2 Å². The maximum atomic E-state index is 14.0. The third-order valence-electron chi connectivity index (χ3n) is 5.09. The van der Waals surface area contributed by atoms with Crippen LogP contribution in [0.4, 0.5) is 18.9 Å². The van der Waals surface area contributed by atoms with Gasteiger partial charge in [0.05, 0.1) is 31.4 Å². The summed E-state index contributed by atoms with van der Waals surface area (Å²) in [5.41, 5.74) is -0.0564. The van der Waals surface area contributed by atoms with Gasteiger partial charge in [0.15, 0.2) is 11.3 Å². The molecule has 0 saturated carbocycles. The second-order valence-corrected chi connectivity index (χ2v) is 7.08. The monoisotopic (exact) mass is 449 g/mol. The molecular weight excluding hydrogens is 431 g/mol. The normalized spacial score (nSPS) is 19.6. The van der Waals surface area contributed by atoms with E-state index in [-0.39, 0.29) is 22.6 Å². The molecule has 7 nitrogen and oxygen atoms in total. The molecule has 1 aromatic heterocycles.